The van der Waals surface area contributed by atoms with Gasteiger partial charge in [0.2, 0.25) is 0 Å². The molecule has 1 saturated heterocycles. The minimum absolute atomic E-state index is 0.0374. The van der Waals surface area contributed by atoms with Crippen molar-refractivity contribution in [2.45, 2.75) is 63.8 Å². The molecule has 5 atom stereocenters. The molecular formula is C17H23ClO5. The molecule has 1 saturated carbocycles. The Morgan fingerprint density at radius 1 is 1.43 bits per heavy atom. The van der Waals surface area contributed by atoms with Gasteiger partial charge in [-0.15, -0.1) is 11.6 Å². The van der Waals surface area contributed by atoms with Crippen LogP contribution in [-0.4, -0.2) is 45.7 Å². The average Bonchev–Trinajstić information content (AvgIpc) is 2.63. The van der Waals surface area contributed by atoms with Crippen LogP contribution in [0.3, 0.4) is 0 Å². The van der Waals surface area contributed by atoms with Crippen LogP contribution >= 0.6 is 11.6 Å². The van der Waals surface area contributed by atoms with Gasteiger partial charge < -0.3 is 14.9 Å². The van der Waals surface area contributed by atoms with E-state index in [-0.39, 0.29) is 18.1 Å². The average molecular weight is 343 g/mol. The first-order valence-electron chi connectivity index (χ1n) is 8.12. The number of carbonyl (C=O) groups is 2. The molecule has 0 amide bonds. The van der Waals surface area contributed by atoms with Gasteiger partial charge in [-0.1, -0.05) is 6.08 Å². The number of aliphatic hydroxyl groups excluding tert-OH is 2. The van der Waals surface area contributed by atoms with E-state index in [1.807, 2.05) is 0 Å². The molecule has 0 radical (unpaired) electrons. The third-order valence-electron chi connectivity index (χ3n) is 6.40. The number of halogens is 1. The second kappa shape index (κ2) is 5.30. The lowest BCUT2D eigenvalue weighted by atomic mass is 9.57. The van der Waals surface area contributed by atoms with E-state index in [1.165, 1.54) is 0 Å². The Bertz CT molecular complexity index is 588. The first-order valence-corrected chi connectivity index (χ1v) is 8.66. The van der Waals surface area contributed by atoms with Gasteiger partial charge in [-0.05, 0) is 45.1 Å². The van der Waals surface area contributed by atoms with E-state index in [4.69, 9.17) is 16.3 Å². The molecule has 3 rings (SSSR count). The SMILES string of the molecule is C[C@@]12OC(=O)[C@]1(C(O)C1=CC(O)CCC1)CC(=O)[C@]2(C)CCCl. The molecule has 2 fully saturated rings. The zero-order valence-corrected chi connectivity index (χ0v) is 14.2. The van der Waals surface area contributed by atoms with Crippen LogP contribution in [0.2, 0.25) is 0 Å². The molecule has 0 aromatic carbocycles. The van der Waals surface area contributed by atoms with Crippen LogP contribution < -0.4 is 0 Å². The highest BCUT2D eigenvalue weighted by molar-refractivity contribution is 6.18. The van der Waals surface area contributed by atoms with Crippen LogP contribution in [0.25, 0.3) is 0 Å². The molecule has 5 nitrogen and oxygen atoms in total. The second-order valence-electron chi connectivity index (χ2n) is 7.37. The minimum atomic E-state index is -1.26. The second-order valence-corrected chi connectivity index (χ2v) is 7.75. The first-order chi connectivity index (χ1) is 10.7. The minimum Gasteiger partial charge on any atom is -0.456 e. The van der Waals surface area contributed by atoms with Crippen molar-refractivity contribution in [3.63, 3.8) is 0 Å². The van der Waals surface area contributed by atoms with Crippen LogP contribution in [0.5, 0.6) is 0 Å². The Morgan fingerprint density at radius 2 is 2.13 bits per heavy atom. The van der Waals surface area contributed by atoms with Gasteiger partial charge in [0.1, 0.15) is 16.8 Å². The largest absolute Gasteiger partial charge is 0.456 e. The number of Topliss-reactive ketones (excluding diaryl/α,β-unsaturated/α-hetero) is 1. The fourth-order valence-electron chi connectivity index (χ4n) is 4.59. The van der Waals surface area contributed by atoms with Crippen molar-refractivity contribution in [3.8, 4) is 0 Å². The van der Waals surface area contributed by atoms with E-state index in [2.05, 4.69) is 0 Å². The van der Waals surface area contributed by atoms with Crippen molar-refractivity contribution >= 4 is 23.4 Å². The summed E-state index contributed by atoms with van der Waals surface area (Å²) in [6, 6.07) is 0. The summed E-state index contributed by atoms with van der Waals surface area (Å²) >= 11 is 5.87. The highest BCUT2D eigenvalue weighted by atomic mass is 35.5. The third kappa shape index (κ3) is 1.93. The lowest BCUT2D eigenvalue weighted by Crippen LogP contribution is -2.72. The van der Waals surface area contributed by atoms with Crippen LogP contribution in [0.4, 0.5) is 0 Å². The van der Waals surface area contributed by atoms with Gasteiger partial charge in [0.15, 0.2) is 0 Å². The molecule has 2 aliphatic carbocycles. The zero-order valence-electron chi connectivity index (χ0n) is 13.5. The first kappa shape index (κ1) is 16.9. The molecule has 6 heteroatoms. The monoisotopic (exact) mass is 342 g/mol. The predicted molar refractivity (Wildman–Crippen MR) is 83.9 cm³/mol. The van der Waals surface area contributed by atoms with E-state index in [0.29, 0.717) is 24.8 Å². The summed E-state index contributed by atoms with van der Waals surface area (Å²) in [6.07, 6.45) is 2.27. The summed E-state index contributed by atoms with van der Waals surface area (Å²) in [5.41, 5.74) is -2.58. The Labute approximate surface area is 140 Å². The predicted octanol–water partition coefficient (Wildman–Crippen LogP) is 1.73. The molecule has 0 aromatic rings. The number of hydrogen-bond donors (Lipinski definition) is 2. The lowest BCUT2D eigenvalue weighted by molar-refractivity contribution is -0.267. The molecule has 1 aliphatic heterocycles. The van der Waals surface area contributed by atoms with E-state index in [9.17, 15) is 19.8 Å². The van der Waals surface area contributed by atoms with Crippen molar-refractivity contribution in [2.24, 2.45) is 10.8 Å². The smallest absolute Gasteiger partial charge is 0.320 e. The number of carbonyl (C=O) groups excluding carboxylic acids is 2. The van der Waals surface area contributed by atoms with Crippen molar-refractivity contribution in [1.82, 2.24) is 0 Å². The number of rotatable bonds is 4. The molecular weight excluding hydrogens is 320 g/mol. The van der Waals surface area contributed by atoms with Gasteiger partial charge in [-0.2, -0.15) is 0 Å². The highest BCUT2D eigenvalue weighted by Crippen LogP contribution is 2.67. The fourth-order valence-corrected chi connectivity index (χ4v) is 4.96. The van der Waals surface area contributed by atoms with Crippen LogP contribution in [0.15, 0.2) is 11.6 Å². The fraction of sp³-hybridized carbons (Fsp3) is 0.765. The summed E-state index contributed by atoms with van der Waals surface area (Å²) in [6.45, 7) is 3.50. The highest BCUT2D eigenvalue weighted by Gasteiger charge is 2.82. The van der Waals surface area contributed by atoms with Gasteiger partial charge in [0.05, 0.1) is 17.6 Å². The number of aliphatic hydroxyl groups is 2. The number of alkyl halides is 1. The van der Waals surface area contributed by atoms with Crippen LogP contribution in [0, 0.1) is 10.8 Å². The van der Waals surface area contributed by atoms with E-state index < -0.39 is 34.6 Å². The summed E-state index contributed by atoms with van der Waals surface area (Å²) in [7, 11) is 0. The van der Waals surface area contributed by atoms with Gasteiger partial charge in [0.25, 0.3) is 0 Å². The molecule has 128 valence electrons. The van der Waals surface area contributed by atoms with E-state index in [1.54, 1.807) is 19.9 Å². The Hall–Kier alpha value is -0.910. The molecule has 2 unspecified atom stereocenters. The summed E-state index contributed by atoms with van der Waals surface area (Å²) < 4.78 is 5.46. The Kier molecular flexibility index (Phi) is 3.90. The number of esters is 1. The van der Waals surface area contributed by atoms with E-state index >= 15 is 0 Å². The third-order valence-corrected chi connectivity index (χ3v) is 6.59. The molecule has 3 aliphatic rings. The zero-order chi connectivity index (χ0) is 17.0. The molecule has 0 spiro atoms. The molecule has 2 N–H and O–H groups in total. The summed E-state index contributed by atoms with van der Waals surface area (Å²) in [5.74, 6) is -0.342. The van der Waals surface area contributed by atoms with Crippen molar-refractivity contribution in [1.29, 1.82) is 0 Å². The normalized spacial score (nSPS) is 44.2. The number of ether oxygens (including phenoxy) is 1. The van der Waals surface area contributed by atoms with E-state index in [0.717, 1.165) is 6.42 Å². The van der Waals surface area contributed by atoms with Gasteiger partial charge in [-0.3, -0.25) is 9.59 Å². The maximum Gasteiger partial charge on any atom is 0.320 e. The molecule has 0 bridgehead atoms. The Morgan fingerprint density at radius 3 is 2.70 bits per heavy atom. The topological polar surface area (TPSA) is 83.8 Å². The van der Waals surface area contributed by atoms with Crippen LogP contribution in [-0.2, 0) is 14.3 Å². The van der Waals surface area contributed by atoms with Gasteiger partial charge in [-0.25, -0.2) is 0 Å². The molecule has 23 heavy (non-hydrogen) atoms. The number of ketones is 1. The lowest BCUT2D eigenvalue weighted by Gasteiger charge is -2.57. The molecule has 0 aromatic heterocycles. The molecule has 1 heterocycles. The van der Waals surface area contributed by atoms with Gasteiger partial charge >= 0.3 is 5.97 Å². The standard InChI is InChI=1S/C17H23ClO5/c1-15(6-7-18)12(20)9-17(14(22)23-16(15,17)2)13(21)10-4-3-5-11(19)8-10/h8,11,13,19,21H,3-7,9H2,1-2H3/t11?,13?,15-,16-,17+/m0/s1. The summed E-state index contributed by atoms with van der Waals surface area (Å²) in [4.78, 5) is 25.1. The van der Waals surface area contributed by atoms with Gasteiger partial charge in [0, 0.05) is 12.3 Å². The number of fused-ring (bicyclic) bond motifs is 1. The van der Waals surface area contributed by atoms with Crippen molar-refractivity contribution in [3.05, 3.63) is 11.6 Å². The summed E-state index contributed by atoms with van der Waals surface area (Å²) in [5, 5.41) is 20.8. The maximum absolute atomic E-state index is 12.7. The van der Waals surface area contributed by atoms with Crippen LogP contribution in [0.1, 0.15) is 46.0 Å². The van der Waals surface area contributed by atoms with Crippen molar-refractivity contribution in [2.75, 3.05) is 5.88 Å². The maximum atomic E-state index is 12.7. The number of hydrogen-bond acceptors (Lipinski definition) is 5. The quantitative estimate of drug-likeness (QED) is 0.462. The van der Waals surface area contributed by atoms with Crippen molar-refractivity contribution < 1.29 is 24.5 Å². The Balaban J connectivity index is 2.03.